The van der Waals surface area contributed by atoms with Gasteiger partial charge in [0.15, 0.2) is 5.16 Å². The smallest absolute Gasteiger partial charge is 0.262 e. The first kappa shape index (κ1) is 21.8. The van der Waals surface area contributed by atoms with Gasteiger partial charge in [-0.25, -0.2) is 4.98 Å². The summed E-state index contributed by atoms with van der Waals surface area (Å²) in [7, 11) is 0. The molecule has 1 amide bonds. The lowest BCUT2D eigenvalue weighted by molar-refractivity contribution is -0.119. The van der Waals surface area contributed by atoms with Gasteiger partial charge in [0.05, 0.1) is 29.3 Å². The van der Waals surface area contributed by atoms with Crippen molar-refractivity contribution in [2.24, 2.45) is 5.92 Å². The molecule has 0 saturated carbocycles. The number of amides is 1. The molecule has 1 fully saturated rings. The van der Waals surface area contributed by atoms with E-state index in [0.717, 1.165) is 32.3 Å². The second-order valence-electron chi connectivity index (χ2n) is 8.19. The fourth-order valence-corrected chi connectivity index (χ4v) is 4.33. The van der Waals surface area contributed by atoms with E-state index in [0.29, 0.717) is 28.5 Å². The van der Waals surface area contributed by atoms with Crippen LogP contribution in [0.3, 0.4) is 0 Å². The number of nitrogens with zero attached hydrogens (tertiary/aromatic N) is 2. The van der Waals surface area contributed by atoms with Crippen molar-refractivity contribution < 1.29 is 9.53 Å². The minimum atomic E-state index is -0.0701. The fraction of sp³-hybridized carbons (Fsp3) is 0.591. The number of aromatic nitrogens is 2. The first-order chi connectivity index (χ1) is 13.9. The lowest BCUT2D eigenvalue weighted by Gasteiger charge is -2.17. The molecule has 0 spiro atoms. The Bertz CT molecular complexity index is 890. The molecule has 0 bridgehead atoms. The van der Waals surface area contributed by atoms with Gasteiger partial charge in [0.1, 0.15) is 0 Å². The number of rotatable bonds is 9. The Morgan fingerprint density at radius 2 is 2.10 bits per heavy atom. The number of carbonyl (C=O) groups is 1. The molecule has 6 nitrogen and oxygen atoms in total. The number of fused-ring (bicyclic) bond motifs is 1. The predicted octanol–water partition coefficient (Wildman–Crippen LogP) is 3.61. The molecule has 0 unspecified atom stereocenters. The van der Waals surface area contributed by atoms with Crippen LogP contribution in [0.2, 0.25) is 0 Å². The predicted molar refractivity (Wildman–Crippen MR) is 117 cm³/mol. The number of ether oxygens (including phenoxy) is 1. The number of hydrogen-bond acceptors (Lipinski definition) is 5. The Balaban J connectivity index is 1.73. The zero-order chi connectivity index (χ0) is 20.8. The van der Waals surface area contributed by atoms with Crippen LogP contribution in [0.25, 0.3) is 10.9 Å². The summed E-state index contributed by atoms with van der Waals surface area (Å²) in [4.78, 5) is 30.1. The monoisotopic (exact) mass is 417 g/mol. The van der Waals surface area contributed by atoms with Gasteiger partial charge in [-0.05, 0) is 50.7 Å². The van der Waals surface area contributed by atoms with Crippen LogP contribution in [0, 0.1) is 5.92 Å². The molecular formula is C22H31N3O3S. The van der Waals surface area contributed by atoms with Crippen LogP contribution in [-0.4, -0.2) is 40.0 Å². The summed E-state index contributed by atoms with van der Waals surface area (Å²) in [5.41, 5.74) is 0.591. The molecule has 1 aliphatic rings. The van der Waals surface area contributed by atoms with Gasteiger partial charge in [-0.2, -0.15) is 0 Å². The molecule has 158 valence electrons. The number of para-hydroxylation sites is 1. The normalized spacial score (nSPS) is 17.7. The van der Waals surface area contributed by atoms with E-state index in [9.17, 15) is 9.59 Å². The van der Waals surface area contributed by atoms with Crippen molar-refractivity contribution in [3.05, 3.63) is 34.6 Å². The van der Waals surface area contributed by atoms with E-state index in [1.807, 2.05) is 25.1 Å². The first-order valence-corrected chi connectivity index (χ1v) is 11.5. The minimum Gasteiger partial charge on any atom is -0.376 e. The van der Waals surface area contributed by atoms with Crippen molar-refractivity contribution in [3.63, 3.8) is 0 Å². The number of benzene rings is 1. The number of nitrogens with one attached hydrogen (secondary N) is 1. The molecule has 3 rings (SSSR count). The van der Waals surface area contributed by atoms with Crippen molar-refractivity contribution >= 4 is 28.6 Å². The molecule has 1 aliphatic heterocycles. The molecule has 0 aliphatic carbocycles. The second-order valence-corrected chi connectivity index (χ2v) is 9.13. The maximum atomic E-state index is 13.1. The number of hydrogen-bond donors (Lipinski definition) is 1. The van der Waals surface area contributed by atoms with Gasteiger partial charge in [-0.15, -0.1) is 0 Å². The van der Waals surface area contributed by atoms with Crippen molar-refractivity contribution in [1.29, 1.82) is 0 Å². The average molecular weight is 418 g/mol. The van der Waals surface area contributed by atoms with Crippen LogP contribution in [0.5, 0.6) is 0 Å². The molecule has 29 heavy (non-hydrogen) atoms. The summed E-state index contributed by atoms with van der Waals surface area (Å²) < 4.78 is 7.41. The summed E-state index contributed by atoms with van der Waals surface area (Å²) in [5, 5.41) is 4.23. The summed E-state index contributed by atoms with van der Waals surface area (Å²) in [6.07, 6.45) is 4.03. The lowest BCUT2D eigenvalue weighted by atomic mass is 10.0. The Hall–Kier alpha value is -1.86. The van der Waals surface area contributed by atoms with Gasteiger partial charge in [0.25, 0.3) is 5.56 Å². The summed E-state index contributed by atoms with van der Waals surface area (Å²) in [6, 6.07) is 7.50. The van der Waals surface area contributed by atoms with E-state index in [1.165, 1.54) is 11.8 Å². The topological polar surface area (TPSA) is 73.2 Å². The second kappa shape index (κ2) is 10.3. The molecule has 1 aromatic heterocycles. The Kier molecular flexibility index (Phi) is 7.72. The van der Waals surface area contributed by atoms with Crippen LogP contribution >= 0.6 is 11.8 Å². The highest BCUT2D eigenvalue weighted by Gasteiger charge is 2.21. The Morgan fingerprint density at radius 3 is 2.83 bits per heavy atom. The highest BCUT2D eigenvalue weighted by Crippen LogP contribution is 2.21. The van der Waals surface area contributed by atoms with Crippen LogP contribution in [0.1, 0.15) is 46.5 Å². The highest BCUT2D eigenvalue weighted by atomic mass is 32.2. The van der Waals surface area contributed by atoms with Crippen molar-refractivity contribution in [1.82, 2.24) is 14.9 Å². The third-order valence-electron chi connectivity index (χ3n) is 5.15. The van der Waals surface area contributed by atoms with Crippen LogP contribution in [-0.2, 0) is 16.1 Å². The maximum Gasteiger partial charge on any atom is 0.262 e. The number of carbonyl (C=O) groups excluding carboxylic acids is 1. The molecule has 1 aromatic carbocycles. The standard InChI is InChI=1S/C22H31N3O3S/c1-15(2)10-11-16(3)23-20(26)14-29-22-24-19-9-5-4-8-18(19)21(27)25(22)13-17-7-6-12-28-17/h4-5,8-9,15-17H,6-7,10-14H2,1-3H3,(H,23,26)/t16-,17+/m0/s1. The zero-order valence-corrected chi connectivity index (χ0v) is 18.3. The average Bonchev–Trinajstić information content (AvgIpc) is 3.20. The van der Waals surface area contributed by atoms with Crippen molar-refractivity contribution in [3.8, 4) is 0 Å². The van der Waals surface area contributed by atoms with Crippen molar-refractivity contribution in [2.45, 2.75) is 70.3 Å². The fourth-order valence-electron chi connectivity index (χ4n) is 3.51. The maximum absolute atomic E-state index is 13.1. The van der Waals surface area contributed by atoms with E-state index in [2.05, 4.69) is 24.1 Å². The van der Waals surface area contributed by atoms with Gasteiger partial charge in [0.2, 0.25) is 5.91 Å². The molecule has 2 aromatic rings. The third-order valence-corrected chi connectivity index (χ3v) is 6.13. The summed E-state index contributed by atoms with van der Waals surface area (Å²) in [6.45, 7) is 7.61. The molecular weight excluding hydrogens is 386 g/mol. The van der Waals surface area contributed by atoms with E-state index >= 15 is 0 Å². The molecule has 2 atom stereocenters. The molecule has 7 heteroatoms. The quantitative estimate of drug-likeness (QED) is 0.498. The van der Waals surface area contributed by atoms with Crippen LogP contribution < -0.4 is 10.9 Å². The van der Waals surface area contributed by atoms with E-state index in [1.54, 1.807) is 10.6 Å². The summed E-state index contributed by atoms with van der Waals surface area (Å²) in [5.74, 6) is 0.831. The van der Waals surface area contributed by atoms with Crippen molar-refractivity contribution in [2.75, 3.05) is 12.4 Å². The van der Waals surface area contributed by atoms with E-state index in [-0.39, 0.29) is 29.4 Å². The van der Waals surface area contributed by atoms with E-state index < -0.39 is 0 Å². The zero-order valence-electron chi connectivity index (χ0n) is 17.5. The first-order valence-electron chi connectivity index (χ1n) is 10.5. The minimum absolute atomic E-state index is 0.0277. The van der Waals surface area contributed by atoms with Gasteiger partial charge in [-0.3, -0.25) is 14.2 Å². The third kappa shape index (κ3) is 6.06. The molecule has 1 saturated heterocycles. The largest absolute Gasteiger partial charge is 0.376 e. The molecule has 0 radical (unpaired) electrons. The summed E-state index contributed by atoms with van der Waals surface area (Å²) >= 11 is 1.32. The molecule has 2 heterocycles. The van der Waals surface area contributed by atoms with Crippen LogP contribution in [0.15, 0.2) is 34.2 Å². The van der Waals surface area contributed by atoms with Gasteiger partial charge >= 0.3 is 0 Å². The SMILES string of the molecule is CC(C)CC[C@H](C)NC(=O)CSc1nc2ccccc2c(=O)n1C[C@H]1CCCO1. The van der Waals surface area contributed by atoms with Gasteiger partial charge in [-0.1, -0.05) is 37.7 Å². The number of thioether (sulfide) groups is 1. The van der Waals surface area contributed by atoms with Gasteiger partial charge in [0, 0.05) is 12.6 Å². The van der Waals surface area contributed by atoms with Crippen LogP contribution in [0.4, 0.5) is 0 Å². The Morgan fingerprint density at radius 1 is 1.31 bits per heavy atom. The van der Waals surface area contributed by atoms with Gasteiger partial charge < -0.3 is 10.1 Å². The molecule has 1 N–H and O–H groups in total. The Labute approximate surface area is 176 Å². The van der Waals surface area contributed by atoms with E-state index in [4.69, 9.17) is 4.74 Å². The lowest BCUT2D eigenvalue weighted by Crippen LogP contribution is -2.34. The highest BCUT2D eigenvalue weighted by molar-refractivity contribution is 7.99.